The molecule has 0 fully saturated rings. The maximum Gasteiger partial charge on any atom is 0.320 e. The summed E-state index contributed by atoms with van der Waals surface area (Å²) in [7, 11) is 0. The Bertz CT molecular complexity index is 1250. The van der Waals surface area contributed by atoms with Crippen molar-refractivity contribution < 1.29 is 19.1 Å². The van der Waals surface area contributed by atoms with Crippen LogP contribution in [0.4, 0.5) is 5.69 Å². The van der Waals surface area contributed by atoms with Gasteiger partial charge >= 0.3 is 5.97 Å². The van der Waals surface area contributed by atoms with Crippen molar-refractivity contribution in [2.24, 2.45) is 17.6 Å². The van der Waals surface area contributed by atoms with Crippen LogP contribution in [0, 0.1) is 11.8 Å². The van der Waals surface area contributed by atoms with Crippen LogP contribution in [-0.2, 0) is 16.1 Å². The van der Waals surface area contributed by atoms with Crippen LogP contribution in [0.15, 0.2) is 68.8 Å². The lowest BCUT2D eigenvalue weighted by molar-refractivity contribution is -0.138. The van der Waals surface area contributed by atoms with Gasteiger partial charge in [-0.1, -0.05) is 54.4 Å². The number of carboxylic acids is 1. The number of nitrogen functional groups attached to an aromatic ring is 1. The summed E-state index contributed by atoms with van der Waals surface area (Å²) in [6, 6.07) is 12.1. The number of benzene rings is 2. The zero-order chi connectivity index (χ0) is 23.7. The lowest BCUT2D eigenvalue weighted by Crippen LogP contribution is -2.34. The van der Waals surface area contributed by atoms with Gasteiger partial charge in [-0.05, 0) is 36.6 Å². The quantitative estimate of drug-likeness (QED) is 0.389. The van der Waals surface area contributed by atoms with Gasteiger partial charge in [-0.2, -0.15) is 0 Å². The highest BCUT2D eigenvalue weighted by Gasteiger charge is 2.31. The van der Waals surface area contributed by atoms with Crippen molar-refractivity contribution in [2.75, 3.05) is 5.73 Å². The number of ether oxygens (including phenoxy) is 1. The predicted octanol–water partition coefficient (Wildman–Crippen LogP) is 5.23. The Morgan fingerprint density at radius 3 is 2.70 bits per heavy atom. The van der Waals surface area contributed by atoms with Crippen LogP contribution in [0.25, 0.3) is 22.6 Å². The largest absolute Gasteiger partial charge is 0.486 e. The number of carboxylic acid groups (broad SMARTS) is 1. The summed E-state index contributed by atoms with van der Waals surface area (Å²) >= 11 is 13.0. The molecule has 0 spiro atoms. The molecule has 3 unspecified atom stereocenters. The Morgan fingerprint density at radius 1 is 1.27 bits per heavy atom. The van der Waals surface area contributed by atoms with E-state index in [0.717, 1.165) is 5.56 Å². The zero-order valence-electron chi connectivity index (χ0n) is 17.8. The van der Waals surface area contributed by atoms with Gasteiger partial charge in [0, 0.05) is 22.7 Å². The number of nitrogens with zero attached hydrogens (tertiary/aromatic N) is 1. The summed E-state index contributed by atoms with van der Waals surface area (Å²) in [4.78, 5) is 15.7. The zero-order valence-corrected chi connectivity index (χ0v) is 19.3. The first-order chi connectivity index (χ1) is 15.7. The first-order valence-electron chi connectivity index (χ1n) is 10.4. The number of anilines is 1. The maximum atomic E-state index is 11.1. The van der Waals surface area contributed by atoms with Crippen molar-refractivity contribution in [3.05, 3.63) is 69.9 Å². The molecule has 0 amide bonds. The fourth-order valence-corrected chi connectivity index (χ4v) is 4.49. The van der Waals surface area contributed by atoms with E-state index in [9.17, 15) is 4.79 Å². The summed E-state index contributed by atoms with van der Waals surface area (Å²) in [5.41, 5.74) is 15.0. The molecule has 9 heteroatoms. The van der Waals surface area contributed by atoms with Gasteiger partial charge in [-0.3, -0.25) is 4.79 Å². The minimum Gasteiger partial charge on any atom is -0.486 e. The number of carbonyl (C=O) groups is 1. The molecule has 5 N–H and O–H groups in total. The van der Waals surface area contributed by atoms with Gasteiger partial charge in [0.15, 0.2) is 11.3 Å². The van der Waals surface area contributed by atoms with Crippen LogP contribution in [0.1, 0.15) is 18.9 Å². The second-order valence-electron chi connectivity index (χ2n) is 8.03. The van der Waals surface area contributed by atoms with Gasteiger partial charge in [0.1, 0.15) is 18.2 Å². The van der Waals surface area contributed by atoms with Crippen LogP contribution in [-0.4, -0.2) is 22.1 Å². The molecule has 0 radical (unpaired) electrons. The standard InChI is InChI=1S/C24H23Cl2N3O4/c1-12-14(9-18(28)24(30)31)8-17(25)22(20(12)26)32-11-15-7-16(27)10-19-21(15)33-23(29-19)13-5-3-2-4-6-13/h2-8,10,12,14,18H,9,11,27-28H2,1H3,(H,30,31). The van der Waals surface area contributed by atoms with Crippen molar-refractivity contribution in [3.8, 4) is 11.5 Å². The van der Waals surface area contributed by atoms with E-state index in [1.165, 1.54) is 0 Å². The smallest absolute Gasteiger partial charge is 0.320 e. The normalized spacial score (nSPS) is 19.5. The van der Waals surface area contributed by atoms with Gasteiger partial charge in [-0.15, -0.1) is 0 Å². The number of hydrogen-bond acceptors (Lipinski definition) is 6. The molecule has 4 rings (SSSR count). The maximum absolute atomic E-state index is 11.1. The van der Waals surface area contributed by atoms with E-state index in [4.69, 9.17) is 48.9 Å². The van der Waals surface area contributed by atoms with E-state index in [-0.39, 0.29) is 24.9 Å². The Balaban J connectivity index is 1.58. The van der Waals surface area contributed by atoms with Gasteiger partial charge in [0.05, 0.1) is 10.1 Å². The number of allylic oxidation sites excluding steroid dienone is 3. The molecule has 1 heterocycles. The fraction of sp³-hybridized carbons (Fsp3) is 0.250. The SMILES string of the molecule is CC1C(Cl)=C(OCc2cc(N)cc3nc(-c4ccccc4)oc23)C(Cl)=CC1CC(N)C(=O)O. The van der Waals surface area contributed by atoms with E-state index < -0.39 is 12.0 Å². The molecule has 3 aromatic rings. The minimum absolute atomic E-state index is 0.104. The summed E-state index contributed by atoms with van der Waals surface area (Å²) < 4.78 is 12.0. The molecule has 0 saturated carbocycles. The minimum atomic E-state index is -1.07. The van der Waals surface area contributed by atoms with E-state index in [1.54, 1.807) is 18.2 Å². The number of aromatic nitrogens is 1. The first-order valence-corrected chi connectivity index (χ1v) is 11.1. The average molecular weight is 488 g/mol. The van der Waals surface area contributed by atoms with Gasteiger partial charge in [-0.25, -0.2) is 4.98 Å². The van der Waals surface area contributed by atoms with Crippen LogP contribution < -0.4 is 11.5 Å². The molecule has 2 aromatic carbocycles. The number of fused-ring (bicyclic) bond motifs is 1. The number of hydrogen-bond donors (Lipinski definition) is 3. The molecule has 0 bridgehead atoms. The van der Waals surface area contributed by atoms with Crippen molar-refractivity contribution in [2.45, 2.75) is 26.0 Å². The summed E-state index contributed by atoms with van der Waals surface area (Å²) in [6.07, 6.45) is 1.96. The van der Waals surface area contributed by atoms with Crippen LogP contribution in [0.2, 0.25) is 0 Å². The number of oxazole rings is 1. The molecule has 0 saturated heterocycles. The van der Waals surface area contributed by atoms with Crippen molar-refractivity contribution in [3.63, 3.8) is 0 Å². The monoisotopic (exact) mass is 487 g/mol. The van der Waals surface area contributed by atoms with Gasteiger partial charge in [0.25, 0.3) is 0 Å². The summed E-state index contributed by atoms with van der Waals surface area (Å²) in [6.45, 7) is 1.98. The fourth-order valence-electron chi connectivity index (χ4n) is 3.81. The van der Waals surface area contributed by atoms with Gasteiger partial charge < -0.3 is 25.7 Å². The first kappa shape index (κ1) is 23.2. The Kier molecular flexibility index (Phi) is 6.65. The highest BCUT2D eigenvalue weighted by Crippen LogP contribution is 2.41. The topological polar surface area (TPSA) is 125 Å². The van der Waals surface area contributed by atoms with E-state index in [1.807, 2.05) is 37.3 Å². The molecule has 33 heavy (non-hydrogen) atoms. The number of rotatable bonds is 7. The molecular weight excluding hydrogens is 465 g/mol. The average Bonchev–Trinajstić information content (AvgIpc) is 3.21. The highest BCUT2D eigenvalue weighted by atomic mass is 35.5. The Hall–Kier alpha value is -3.00. The van der Waals surface area contributed by atoms with Crippen molar-refractivity contribution in [1.82, 2.24) is 4.98 Å². The third kappa shape index (κ3) is 4.85. The van der Waals surface area contributed by atoms with Crippen molar-refractivity contribution >= 4 is 46.0 Å². The highest BCUT2D eigenvalue weighted by molar-refractivity contribution is 6.35. The second-order valence-corrected chi connectivity index (χ2v) is 8.84. The molecule has 1 aliphatic rings. The molecule has 7 nitrogen and oxygen atoms in total. The van der Waals surface area contributed by atoms with Gasteiger partial charge in [0.2, 0.25) is 5.89 Å². The van der Waals surface area contributed by atoms with E-state index in [2.05, 4.69) is 4.98 Å². The molecule has 172 valence electrons. The van der Waals surface area contributed by atoms with E-state index in [0.29, 0.717) is 44.1 Å². The van der Waals surface area contributed by atoms with Crippen LogP contribution in [0.3, 0.4) is 0 Å². The predicted molar refractivity (Wildman–Crippen MR) is 128 cm³/mol. The lowest BCUT2D eigenvalue weighted by atomic mass is 9.84. The molecular formula is C24H23Cl2N3O4. The summed E-state index contributed by atoms with van der Waals surface area (Å²) in [5, 5.41) is 9.82. The molecule has 1 aromatic heterocycles. The lowest BCUT2D eigenvalue weighted by Gasteiger charge is -2.28. The third-order valence-electron chi connectivity index (χ3n) is 5.66. The van der Waals surface area contributed by atoms with E-state index >= 15 is 0 Å². The molecule has 3 atom stereocenters. The van der Waals surface area contributed by atoms with Crippen LogP contribution in [0.5, 0.6) is 0 Å². The third-order valence-corrected chi connectivity index (χ3v) is 6.48. The van der Waals surface area contributed by atoms with Crippen molar-refractivity contribution in [1.29, 1.82) is 0 Å². The Morgan fingerprint density at radius 2 is 2.00 bits per heavy atom. The molecule has 1 aliphatic carbocycles. The molecule has 0 aliphatic heterocycles. The number of nitrogens with two attached hydrogens (primary N) is 2. The number of halogens is 2. The Labute approximate surface area is 200 Å². The second kappa shape index (κ2) is 9.47. The number of aliphatic carboxylic acids is 1. The summed E-state index contributed by atoms with van der Waals surface area (Å²) in [5.74, 6) is -0.669. The van der Waals surface area contributed by atoms with Crippen LogP contribution >= 0.6 is 23.2 Å².